The molecule has 1 atom stereocenters. The van der Waals surface area contributed by atoms with Gasteiger partial charge in [-0.25, -0.2) is 9.89 Å². The maximum absolute atomic E-state index is 12.8. The number of nitrogens with one attached hydrogen (secondary N) is 1. The predicted octanol–water partition coefficient (Wildman–Crippen LogP) is 3.77. The molecule has 0 spiro atoms. The molecule has 1 N–H and O–H groups in total. The fourth-order valence-corrected chi connectivity index (χ4v) is 3.71. The minimum Gasteiger partial charge on any atom is -0.274 e. The summed E-state index contributed by atoms with van der Waals surface area (Å²) in [7, 11) is 0. The minimum atomic E-state index is -0.666. The van der Waals surface area contributed by atoms with Gasteiger partial charge >= 0.3 is 0 Å². The number of imide groups is 1. The topological polar surface area (TPSA) is 85.6 Å². The summed E-state index contributed by atoms with van der Waals surface area (Å²) < 4.78 is 0. The smallest absolute Gasteiger partial charge is 0.247 e. The van der Waals surface area contributed by atoms with E-state index in [1.807, 2.05) is 19.1 Å². The van der Waals surface area contributed by atoms with E-state index in [1.54, 1.807) is 42.6 Å². The molecule has 2 aromatic rings. The molecule has 0 radical (unpaired) electrons. The molecule has 0 unspecified atom stereocenters. The number of benzene rings is 2. The molecular weight excluding hydrogens is 384 g/mol. The number of nitriles is 1. The molecule has 3 rings (SSSR count). The van der Waals surface area contributed by atoms with E-state index in [2.05, 4.69) is 10.3 Å². The Bertz CT molecular complexity index is 953. The Morgan fingerprint density at radius 3 is 2.63 bits per heavy atom. The fraction of sp³-hybridized carbons (Fsp3) is 0.158. The maximum Gasteiger partial charge on any atom is 0.247 e. The van der Waals surface area contributed by atoms with Crippen LogP contribution in [0.2, 0.25) is 5.02 Å². The standard InChI is InChI=1S/C19H15ClN4O2S/c1-12-6-8-13(9-7-12)24-17(25)10-16(18(24)26)27-19(22-11-21)23-15-5-3-2-4-14(15)20/h2-9,16H,10H2,1H3,(H,22,23)/t16-/m0/s1. The zero-order valence-corrected chi connectivity index (χ0v) is 15.9. The van der Waals surface area contributed by atoms with Crippen LogP contribution in [-0.2, 0) is 9.59 Å². The van der Waals surface area contributed by atoms with E-state index in [-0.39, 0.29) is 23.4 Å². The monoisotopic (exact) mass is 398 g/mol. The van der Waals surface area contributed by atoms with Gasteiger partial charge in [-0.05, 0) is 31.2 Å². The highest BCUT2D eigenvalue weighted by molar-refractivity contribution is 8.15. The number of hydrogen-bond donors (Lipinski definition) is 1. The Balaban J connectivity index is 1.82. The Hall–Kier alpha value is -2.82. The van der Waals surface area contributed by atoms with E-state index < -0.39 is 5.25 Å². The summed E-state index contributed by atoms with van der Waals surface area (Å²) in [6.45, 7) is 1.93. The van der Waals surface area contributed by atoms with E-state index in [0.717, 1.165) is 17.3 Å². The molecule has 1 saturated heterocycles. The van der Waals surface area contributed by atoms with Gasteiger partial charge in [0.15, 0.2) is 11.4 Å². The molecule has 0 bridgehead atoms. The number of amidine groups is 1. The summed E-state index contributed by atoms with van der Waals surface area (Å²) in [5.74, 6) is -0.615. The van der Waals surface area contributed by atoms with Gasteiger partial charge in [0.2, 0.25) is 11.8 Å². The highest BCUT2D eigenvalue weighted by atomic mass is 35.5. The van der Waals surface area contributed by atoms with E-state index in [4.69, 9.17) is 16.9 Å². The molecule has 0 saturated carbocycles. The van der Waals surface area contributed by atoms with Crippen LogP contribution in [0, 0.1) is 18.4 Å². The zero-order valence-electron chi connectivity index (χ0n) is 14.3. The lowest BCUT2D eigenvalue weighted by Crippen LogP contribution is -2.32. The lowest BCUT2D eigenvalue weighted by atomic mass is 10.2. The van der Waals surface area contributed by atoms with Crippen molar-refractivity contribution in [2.24, 2.45) is 4.99 Å². The molecule has 6 nitrogen and oxygen atoms in total. The van der Waals surface area contributed by atoms with Crippen molar-refractivity contribution < 1.29 is 9.59 Å². The van der Waals surface area contributed by atoms with Crippen molar-refractivity contribution in [3.63, 3.8) is 0 Å². The number of carbonyl (C=O) groups is 2. The highest BCUT2D eigenvalue weighted by Crippen LogP contribution is 2.32. The molecule has 1 heterocycles. The molecule has 0 aliphatic carbocycles. The van der Waals surface area contributed by atoms with E-state index >= 15 is 0 Å². The largest absolute Gasteiger partial charge is 0.274 e. The SMILES string of the molecule is Cc1ccc(N2C(=O)C[C@H](SC(=Nc3ccccc3Cl)NC#N)C2=O)cc1. The number of para-hydroxylation sites is 1. The second-order valence-electron chi connectivity index (χ2n) is 5.82. The first-order valence-corrected chi connectivity index (χ1v) is 9.34. The molecule has 1 fully saturated rings. The molecule has 2 aromatic carbocycles. The van der Waals surface area contributed by atoms with Crippen molar-refractivity contribution in [2.45, 2.75) is 18.6 Å². The molecule has 1 aliphatic heterocycles. The summed E-state index contributed by atoms with van der Waals surface area (Å²) in [6.07, 6.45) is 1.84. The van der Waals surface area contributed by atoms with Crippen LogP contribution >= 0.6 is 23.4 Å². The fourth-order valence-electron chi connectivity index (χ4n) is 2.58. The van der Waals surface area contributed by atoms with Gasteiger partial charge in [0.1, 0.15) is 5.25 Å². The van der Waals surface area contributed by atoms with Crippen LogP contribution in [0.1, 0.15) is 12.0 Å². The van der Waals surface area contributed by atoms with Crippen molar-refractivity contribution in [3.8, 4) is 6.19 Å². The van der Waals surface area contributed by atoms with Crippen LogP contribution < -0.4 is 10.2 Å². The second kappa shape index (κ2) is 8.25. The zero-order chi connectivity index (χ0) is 19.4. The summed E-state index contributed by atoms with van der Waals surface area (Å²) in [5.41, 5.74) is 2.05. The van der Waals surface area contributed by atoms with Crippen LogP contribution in [-0.4, -0.2) is 22.2 Å². The summed E-state index contributed by atoms with van der Waals surface area (Å²) in [5, 5.41) is 11.4. The number of hydrogen-bond acceptors (Lipinski definition) is 5. The number of thioether (sulfide) groups is 1. The summed E-state index contributed by atoms with van der Waals surface area (Å²) >= 11 is 7.14. The normalized spacial score (nSPS) is 17.1. The molecule has 27 heavy (non-hydrogen) atoms. The van der Waals surface area contributed by atoms with Gasteiger partial charge in [-0.3, -0.25) is 14.9 Å². The van der Waals surface area contributed by atoms with Crippen LogP contribution in [0.15, 0.2) is 53.5 Å². The van der Waals surface area contributed by atoms with Crippen molar-refractivity contribution in [1.82, 2.24) is 5.32 Å². The van der Waals surface area contributed by atoms with Gasteiger partial charge in [-0.1, -0.05) is 53.2 Å². The molecular formula is C19H15ClN4O2S. The van der Waals surface area contributed by atoms with Gasteiger partial charge in [-0.2, -0.15) is 5.26 Å². The number of rotatable bonds is 3. The van der Waals surface area contributed by atoms with Crippen LogP contribution in [0.25, 0.3) is 0 Å². The highest BCUT2D eigenvalue weighted by Gasteiger charge is 2.40. The summed E-state index contributed by atoms with van der Waals surface area (Å²) in [4.78, 5) is 30.6. The average molecular weight is 399 g/mol. The Labute approximate surface area is 165 Å². The van der Waals surface area contributed by atoms with Crippen LogP contribution in [0.4, 0.5) is 11.4 Å². The number of aryl methyl sites for hydroxylation is 1. The first-order valence-electron chi connectivity index (χ1n) is 8.08. The number of amides is 2. The molecule has 2 amide bonds. The molecule has 136 valence electrons. The Kier molecular flexibility index (Phi) is 5.79. The maximum atomic E-state index is 12.8. The van der Waals surface area contributed by atoms with Gasteiger partial charge in [0, 0.05) is 6.42 Å². The Morgan fingerprint density at radius 2 is 1.96 bits per heavy atom. The van der Waals surface area contributed by atoms with Crippen LogP contribution in [0.5, 0.6) is 0 Å². The van der Waals surface area contributed by atoms with Crippen molar-refractivity contribution in [3.05, 3.63) is 59.1 Å². The third-order valence-corrected chi connectivity index (χ3v) is 5.28. The van der Waals surface area contributed by atoms with Crippen molar-refractivity contribution in [1.29, 1.82) is 5.26 Å². The third-order valence-electron chi connectivity index (χ3n) is 3.89. The quantitative estimate of drug-likeness (QED) is 0.279. The van der Waals surface area contributed by atoms with E-state index in [1.165, 1.54) is 4.90 Å². The van der Waals surface area contributed by atoms with Crippen LogP contribution in [0.3, 0.4) is 0 Å². The number of anilines is 1. The lowest BCUT2D eigenvalue weighted by Gasteiger charge is -2.15. The minimum absolute atomic E-state index is 0.0338. The van der Waals surface area contributed by atoms with Crippen molar-refractivity contribution >= 4 is 51.7 Å². The van der Waals surface area contributed by atoms with Gasteiger partial charge in [0.05, 0.1) is 16.4 Å². The number of aliphatic imine (C=N–C) groups is 1. The van der Waals surface area contributed by atoms with Gasteiger partial charge < -0.3 is 0 Å². The van der Waals surface area contributed by atoms with E-state index in [0.29, 0.717) is 16.4 Å². The van der Waals surface area contributed by atoms with E-state index in [9.17, 15) is 9.59 Å². The second-order valence-corrected chi connectivity index (χ2v) is 7.42. The summed E-state index contributed by atoms with van der Waals surface area (Å²) in [6, 6.07) is 14.1. The third kappa shape index (κ3) is 4.30. The number of halogens is 1. The lowest BCUT2D eigenvalue weighted by molar-refractivity contribution is -0.121. The molecule has 1 aliphatic rings. The molecule has 0 aromatic heterocycles. The van der Waals surface area contributed by atoms with Gasteiger partial charge in [-0.15, -0.1) is 0 Å². The van der Waals surface area contributed by atoms with Gasteiger partial charge in [0.25, 0.3) is 0 Å². The first-order chi connectivity index (χ1) is 13.0. The van der Waals surface area contributed by atoms with Crippen molar-refractivity contribution in [2.75, 3.05) is 4.90 Å². The first kappa shape index (κ1) is 19.0. The predicted molar refractivity (Wildman–Crippen MR) is 107 cm³/mol. The Morgan fingerprint density at radius 1 is 1.26 bits per heavy atom. The average Bonchev–Trinajstić information content (AvgIpc) is 2.92. The number of carbonyl (C=O) groups excluding carboxylic acids is 2. The number of nitrogens with zero attached hydrogens (tertiary/aromatic N) is 3. The molecule has 8 heteroatoms.